The molecule has 2 N–H and O–H groups in total. The summed E-state index contributed by atoms with van der Waals surface area (Å²) in [6.45, 7) is 4.38. The fourth-order valence-corrected chi connectivity index (χ4v) is 5.59. The fourth-order valence-electron chi connectivity index (χ4n) is 4.62. The maximum Gasteiger partial charge on any atom is 0.330 e. The lowest BCUT2D eigenvalue weighted by molar-refractivity contribution is -0.152. The molecule has 0 rings (SSSR count). The lowest BCUT2D eigenvalue weighted by Crippen LogP contribution is -2.49. The summed E-state index contributed by atoms with van der Waals surface area (Å²) in [5, 5.41) is 9.29. The van der Waals surface area contributed by atoms with Crippen molar-refractivity contribution in [1.29, 1.82) is 0 Å². The first-order valence-electron chi connectivity index (χ1n) is 14.6. The Morgan fingerprint density at radius 3 is 1.36 bits per heavy atom. The molecule has 0 aliphatic heterocycles. The number of unbranched alkanes of at least 4 members (excludes halogenated alkanes) is 18. The van der Waals surface area contributed by atoms with Gasteiger partial charge in [-0.05, 0) is 12.8 Å². The summed E-state index contributed by atoms with van der Waals surface area (Å²) in [6.07, 6.45) is 20.3. The van der Waals surface area contributed by atoms with Gasteiger partial charge < -0.3 is 9.84 Å². The van der Waals surface area contributed by atoms with Crippen LogP contribution in [0.2, 0.25) is 0 Å². The Morgan fingerprint density at radius 2 is 1.00 bits per heavy atom. The van der Waals surface area contributed by atoms with E-state index in [1.807, 2.05) is 0 Å². The lowest BCUT2D eigenvalue weighted by Gasteiger charge is -2.27. The summed E-state index contributed by atoms with van der Waals surface area (Å²) >= 11 is 0. The van der Waals surface area contributed by atoms with E-state index in [9.17, 15) is 27.7 Å². The van der Waals surface area contributed by atoms with Crippen LogP contribution < -0.4 is 0 Å². The molecule has 0 spiro atoms. The van der Waals surface area contributed by atoms with E-state index in [0.717, 1.165) is 51.4 Å². The Labute approximate surface area is 220 Å². The number of carbonyl (C=O) groups is 2. The highest BCUT2D eigenvalue weighted by Crippen LogP contribution is 2.30. The third-order valence-corrected chi connectivity index (χ3v) is 8.47. The van der Waals surface area contributed by atoms with Crippen molar-refractivity contribution >= 4 is 22.1 Å². The van der Waals surface area contributed by atoms with Crippen LogP contribution >= 0.6 is 0 Å². The van der Waals surface area contributed by atoms with E-state index in [1.54, 1.807) is 0 Å². The number of hydrogen-bond acceptors (Lipinski definition) is 5. The van der Waals surface area contributed by atoms with Gasteiger partial charge in [-0.3, -0.25) is 14.1 Å². The first-order chi connectivity index (χ1) is 17.2. The maximum atomic E-state index is 12.7. The molecule has 0 aromatic carbocycles. The molecule has 0 amide bonds. The van der Waals surface area contributed by atoms with E-state index in [1.165, 1.54) is 57.8 Å². The van der Waals surface area contributed by atoms with Crippen molar-refractivity contribution in [3.63, 3.8) is 0 Å². The first kappa shape index (κ1) is 34.9. The van der Waals surface area contributed by atoms with Gasteiger partial charge in [0.15, 0.2) is 0 Å². The summed E-state index contributed by atoms with van der Waals surface area (Å²) in [7, 11) is -4.95. The van der Waals surface area contributed by atoms with Crippen LogP contribution in [-0.2, 0) is 24.4 Å². The van der Waals surface area contributed by atoms with Crippen LogP contribution in [0, 0.1) is 0 Å². The second kappa shape index (κ2) is 21.9. The Bertz CT molecular complexity index is 663. The van der Waals surface area contributed by atoms with Crippen LogP contribution in [0.1, 0.15) is 155 Å². The van der Waals surface area contributed by atoms with E-state index in [2.05, 4.69) is 13.8 Å². The predicted molar refractivity (Wildman–Crippen MR) is 146 cm³/mol. The molecule has 36 heavy (non-hydrogen) atoms. The van der Waals surface area contributed by atoms with E-state index >= 15 is 0 Å². The van der Waals surface area contributed by atoms with Gasteiger partial charge in [0.1, 0.15) is 0 Å². The highest BCUT2D eigenvalue weighted by molar-refractivity contribution is 7.88. The highest BCUT2D eigenvalue weighted by Gasteiger charge is 2.53. The van der Waals surface area contributed by atoms with Gasteiger partial charge in [0.25, 0.3) is 10.1 Å². The minimum atomic E-state index is -4.95. The Morgan fingerprint density at radius 1 is 0.639 bits per heavy atom. The molecule has 0 radical (unpaired) electrons. The van der Waals surface area contributed by atoms with Crippen LogP contribution in [0.15, 0.2) is 0 Å². The zero-order chi connectivity index (χ0) is 27.1. The average Bonchev–Trinajstić information content (AvgIpc) is 2.81. The quantitative estimate of drug-likeness (QED) is 0.0658. The monoisotopic (exact) mass is 534 g/mol. The molecule has 0 aromatic heterocycles. The molecule has 0 aliphatic rings. The number of rotatable bonds is 26. The second-order valence-electron chi connectivity index (χ2n) is 10.3. The Kier molecular flexibility index (Phi) is 21.2. The van der Waals surface area contributed by atoms with E-state index in [-0.39, 0.29) is 13.0 Å². The van der Waals surface area contributed by atoms with Crippen molar-refractivity contribution in [2.24, 2.45) is 0 Å². The number of ether oxygens (including phenoxy) is 1. The number of hydrogen-bond donors (Lipinski definition) is 2. The molecule has 1 atom stereocenters. The number of esters is 1. The second-order valence-corrected chi connectivity index (χ2v) is 12.0. The number of carbonyl (C=O) groups excluding carboxylic acids is 1. The van der Waals surface area contributed by atoms with Gasteiger partial charge in [-0.15, -0.1) is 0 Å². The third-order valence-electron chi connectivity index (χ3n) is 6.97. The zero-order valence-corrected chi connectivity index (χ0v) is 23.9. The maximum absolute atomic E-state index is 12.7. The van der Waals surface area contributed by atoms with Gasteiger partial charge in [-0.25, -0.2) is 0 Å². The first-order valence-corrected chi connectivity index (χ1v) is 16.0. The Balaban J connectivity index is 4.38. The zero-order valence-electron chi connectivity index (χ0n) is 23.1. The van der Waals surface area contributed by atoms with Crippen molar-refractivity contribution in [3.05, 3.63) is 0 Å². The fraction of sp³-hybridized carbons (Fsp3) is 0.929. The van der Waals surface area contributed by atoms with Crippen LogP contribution in [-0.4, -0.2) is 41.4 Å². The van der Waals surface area contributed by atoms with Gasteiger partial charge in [0, 0.05) is 0 Å². The minimum Gasteiger partial charge on any atom is -0.481 e. The largest absolute Gasteiger partial charge is 0.481 e. The van der Waals surface area contributed by atoms with Crippen LogP contribution in [0.3, 0.4) is 0 Å². The topological polar surface area (TPSA) is 118 Å². The molecule has 0 aliphatic carbocycles. The standard InChI is InChI=1S/C28H54O7S/c1-3-5-7-9-11-12-13-14-15-16-17-18-19-21-23-28(25-26(29)30,36(32,33)34)27(31)35-24-22-20-10-8-6-4-2/h3-25H2,1-2H3,(H,29,30)(H,32,33,34). The molecule has 0 bridgehead atoms. The molecule has 0 fully saturated rings. The van der Waals surface area contributed by atoms with Crippen molar-refractivity contribution < 1.29 is 32.4 Å². The Hall–Kier alpha value is -1.15. The van der Waals surface area contributed by atoms with Crippen LogP contribution in [0.25, 0.3) is 0 Å². The summed E-state index contributed by atoms with van der Waals surface area (Å²) in [4.78, 5) is 24.1. The van der Waals surface area contributed by atoms with Crippen molar-refractivity contribution in [1.82, 2.24) is 0 Å². The van der Waals surface area contributed by atoms with Gasteiger partial charge in [-0.1, -0.05) is 136 Å². The molecular formula is C28H54O7S. The number of aliphatic carboxylic acids is 1. The van der Waals surface area contributed by atoms with Gasteiger partial charge in [0.2, 0.25) is 4.75 Å². The van der Waals surface area contributed by atoms with Gasteiger partial charge in [0.05, 0.1) is 13.0 Å². The molecule has 214 valence electrons. The van der Waals surface area contributed by atoms with Crippen molar-refractivity contribution in [2.45, 2.75) is 160 Å². The smallest absolute Gasteiger partial charge is 0.330 e. The molecule has 0 heterocycles. The summed E-state index contributed by atoms with van der Waals surface area (Å²) in [6, 6.07) is 0. The van der Waals surface area contributed by atoms with Gasteiger partial charge >= 0.3 is 11.9 Å². The molecule has 8 heteroatoms. The normalized spacial score (nSPS) is 13.4. The summed E-state index contributed by atoms with van der Waals surface area (Å²) in [5.41, 5.74) is 0. The number of carboxylic acids is 1. The highest BCUT2D eigenvalue weighted by atomic mass is 32.2. The molecule has 1 unspecified atom stereocenters. The van der Waals surface area contributed by atoms with Crippen molar-refractivity contribution in [3.8, 4) is 0 Å². The van der Waals surface area contributed by atoms with E-state index in [0.29, 0.717) is 19.3 Å². The van der Waals surface area contributed by atoms with Crippen molar-refractivity contribution in [2.75, 3.05) is 6.61 Å². The summed E-state index contributed by atoms with van der Waals surface area (Å²) in [5.74, 6) is -2.59. The molecule has 7 nitrogen and oxygen atoms in total. The molecule has 0 aromatic rings. The third kappa shape index (κ3) is 16.6. The SMILES string of the molecule is CCCCCCCCCCCCCCCCC(CC(=O)O)(C(=O)OCCCCCCCC)S(=O)(=O)O. The predicted octanol–water partition coefficient (Wildman–Crippen LogP) is 7.86. The van der Waals surface area contributed by atoms with E-state index in [4.69, 9.17) is 4.74 Å². The average molecular weight is 535 g/mol. The van der Waals surface area contributed by atoms with Gasteiger partial charge in [-0.2, -0.15) is 8.42 Å². The molecule has 0 saturated carbocycles. The van der Waals surface area contributed by atoms with Crippen LogP contribution in [0.5, 0.6) is 0 Å². The molecule has 0 saturated heterocycles. The minimum absolute atomic E-state index is 0.0284. The summed E-state index contributed by atoms with van der Waals surface area (Å²) < 4.78 is 37.0. The van der Waals surface area contributed by atoms with E-state index < -0.39 is 33.2 Å². The van der Waals surface area contributed by atoms with Crippen LogP contribution in [0.4, 0.5) is 0 Å². The molecular weight excluding hydrogens is 480 g/mol. The number of carboxylic acid groups (broad SMARTS) is 1. The lowest BCUT2D eigenvalue weighted by atomic mass is 9.95.